The molecule has 1 aromatic heterocycles. The van der Waals surface area contributed by atoms with Crippen LogP contribution in [0.2, 0.25) is 0 Å². The molecule has 0 unspecified atom stereocenters. The molecule has 1 saturated carbocycles. The number of rotatable bonds is 1. The lowest BCUT2D eigenvalue weighted by Gasteiger charge is -2.17. The molecule has 1 aliphatic heterocycles. The fourth-order valence-electron chi connectivity index (χ4n) is 2.52. The standard InChI is InChI=1S/C12H14N2/c13-8-10-7-12(9-4-5-9)14-6-2-1-3-11(10)14/h7,9H,1-6H2. The minimum Gasteiger partial charge on any atom is -0.347 e. The van der Waals surface area contributed by atoms with Crippen molar-refractivity contribution in [2.45, 2.75) is 44.6 Å². The Morgan fingerprint density at radius 1 is 1.36 bits per heavy atom. The Labute approximate surface area is 84.2 Å². The molecule has 0 amide bonds. The maximum absolute atomic E-state index is 9.05. The second-order valence-corrected chi connectivity index (χ2v) is 4.42. The zero-order valence-corrected chi connectivity index (χ0v) is 8.29. The van der Waals surface area contributed by atoms with Crippen molar-refractivity contribution >= 4 is 0 Å². The molecule has 2 heterocycles. The molecule has 3 rings (SSSR count). The van der Waals surface area contributed by atoms with Gasteiger partial charge in [-0.15, -0.1) is 0 Å². The lowest BCUT2D eigenvalue weighted by molar-refractivity contribution is 0.517. The molecule has 0 atom stereocenters. The normalized spacial score (nSPS) is 20.2. The molecule has 72 valence electrons. The highest BCUT2D eigenvalue weighted by atomic mass is 15.0. The molecule has 1 aliphatic carbocycles. The Hall–Kier alpha value is -1.23. The van der Waals surface area contributed by atoms with Crippen LogP contribution in [-0.2, 0) is 13.0 Å². The molecule has 0 saturated heterocycles. The number of hydrogen-bond acceptors (Lipinski definition) is 1. The lowest BCUT2D eigenvalue weighted by Crippen LogP contribution is -2.12. The smallest absolute Gasteiger partial charge is 0.101 e. The predicted octanol–water partition coefficient (Wildman–Crippen LogP) is 2.57. The first-order chi connectivity index (χ1) is 6.90. The third kappa shape index (κ3) is 1.09. The fourth-order valence-corrected chi connectivity index (χ4v) is 2.52. The average molecular weight is 186 g/mol. The van der Waals surface area contributed by atoms with Crippen molar-refractivity contribution in [3.63, 3.8) is 0 Å². The highest BCUT2D eigenvalue weighted by Crippen LogP contribution is 2.42. The van der Waals surface area contributed by atoms with E-state index in [1.807, 2.05) is 0 Å². The summed E-state index contributed by atoms with van der Waals surface area (Å²) in [5.41, 5.74) is 3.68. The first kappa shape index (κ1) is 8.11. The van der Waals surface area contributed by atoms with E-state index in [1.54, 1.807) is 0 Å². The summed E-state index contributed by atoms with van der Waals surface area (Å²) in [5, 5.41) is 9.05. The zero-order valence-electron chi connectivity index (χ0n) is 8.29. The van der Waals surface area contributed by atoms with Crippen molar-refractivity contribution in [1.29, 1.82) is 5.26 Å². The molecule has 0 bridgehead atoms. The van der Waals surface area contributed by atoms with Gasteiger partial charge in [0.1, 0.15) is 6.07 Å². The van der Waals surface area contributed by atoms with Gasteiger partial charge in [-0.25, -0.2) is 0 Å². The minimum absolute atomic E-state index is 0.772. The molecule has 0 aromatic carbocycles. The molecule has 0 radical (unpaired) electrons. The van der Waals surface area contributed by atoms with Crippen LogP contribution in [0.5, 0.6) is 0 Å². The van der Waals surface area contributed by atoms with Gasteiger partial charge in [0.05, 0.1) is 5.56 Å². The van der Waals surface area contributed by atoms with Gasteiger partial charge in [-0.1, -0.05) is 0 Å². The molecule has 14 heavy (non-hydrogen) atoms. The molecular weight excluding hydrogens is 172 g/mol. The van der Waals surface area contributed by atoms with Gasteiger partial charge in [0.2, 0.25) is 0 Å². The van der Waals surface area contributed by atoms with Crippen LogP contribution in [0.1, 0.15) is 48.6 Å². The average Bonchev–Trinajstić information content (AvgIpc) is 3.00. The molecule has 2 nitrogen and oxygen atoms in total. The van der Waals surface area contributed by atoms with E-state index in [4.69, 9.17) is 5.26 Å². The summed E-state index contributed by atoms with van der Waals surface area (Å²) in [6.45, 7) is 1.14. The Morgan fingerprint density at radius 2 is 2.21 bits per heavy atom. The fraction of sp³-hybridized carbons (Fsp3) is 0.583. The van der Waals surface area contributed by atoms with Crippen LogP contribution in [0.3, 0.4) is 0 Å². The summed E-state index contributed by atoms with van der Waals surface area (Å²) in [6, 6.07) is 4.47. The summed E-state index contributed by atoms with van der Waals surface area (Å²) >= 11 is 0. The van der Waals surface area contributed by atoms with Crippen LogP contribution in [0.25, 0.3) is 0 Å². The van der Waals surface area contributed by atoms with Crippen LogP contribution in [0.4, 0.5) is 0 Å². The van der Waals surface area contributed by atoms with E-state index in [1.165, 1.54) is 37.1 Å². The van der Waals surface area contributed by atoms with Crippen LogP contribution >= 0.6 is 0 Å². The molecular formula is C12H14N2. The molecule has 2 aliphatic rings. The largest absolute Gasteiger partial charge is 0.347 e. The second kappa shape index (κ2) is 2.88. The lowest BCUT2D eigenvalue weighted by atomic mass is 10.1. The third-order valence-corrected chi connectivity index (χ3v) is 3.40. The monoisotopic (exact) mass is 186 g/mol. The van der Waals surface area contributed by atoms with Gasteiger partial charge >= 0.3 is 0 Å². The van der Waals surface area contributed by atoms with Gasteiger partial charge in [-0.2, -0.15) is 5.26 Å². The molecule has 0 spiro atoms. The van der Waals surface area contributed by atoms with Crippen molar-refractivity contribution < 1.29 is 0 Å². The summed E-state index contributed by atoms with van der Waals surface area (Å²) in [6.07, 6.45) is 6.30. The van der Waals surface area contributed by atoms with Crippen molar-refractivity contribution in [1.82, 2.24) is 4.57 Å². The first-order valence-electron chi connectivity index (χ1n) is 5.52. The van der Waals surface area contributed by atoms with Crippen molar-refractivity contribution in [3.8, 4) is 6.07 Å². The Bertz CT molecular complexity index is 405. The molecule has 1 fully saturated rings. The predicted molar refractivity (Wildman–Crippen MR) is 54.1 cm³/mol. The summed E-state index contributed by atoms with van der Waals surface area (Å²) in [4.78, 5) is 0. The van der Waals surface area contributed by atoms with Crippen LogP contribution in [-0.4, -0.2) is 4.57 Å². The number of nitrogens with zero attached hydrogens (tertiary/aromatic N) is 2. The van der Waals surface area contributed by atoms with E-state index in [-0.39, 0.29) is 0 Å². The number of nitriles is 1. The minimum atomic E-state index is 0.772. The molecule has 2 heteroatoms. The number of hydrogen-bond donors (Lipinski definition) is 0. The van der Waals surface area contributed by atoms with E-state index in [2.05, 4.69) is 16.7 Å². The van der Waals surface area contributed by atoms with Crippen LogP contribution in [0.15, 0.2) is 6.07 Å². The van der Waals surface area contributed by atoms with Crippen molar-refractivity contribution in [2.75, 3.05) is 0 Å². The van der Waals surface area contributed by atoms with Gasteiger partial charge < -0.3 is 4.57 Å². The molecule has 0 N–H and O–H groups in total. The van der Waals surface area contributed by atoms with E-state index in [9.17, 15) is 0 Å². The quantitative estimate of drug-likeness (QED) is 0.662. The van der Waals surface area contributed by atoms with E-state index in [0.717, 1.165) is 24.4 Å². The SMILES string of the molecule is N#Cc1cc(C2CC2)n2c1CCCC2. The van der Waals surface area contributed by atoms with Crippen molar-refractivity contribution in [2.24, 2.45) is 0 Å². The summed E-state index contributed by atoms with van der Waals surface area (Å²) in [5.74, 6) is 0.772. The Kier molecular flexibility index (Phi) is 1.67. The van der Waals surface area contributed by atoms with Crippen LogP contribution < -0.4 is 0 Å². The Morgan fingerprint density at radius 3 is 2.93 bits per heavy atom. The first-order valence-corrected chi connectivity index (χ1v) is 5.52. The van der Waals surface area contributed by atoms with E-state index < -0.39 is 0 Å². The van der Waals surface area contributed by atoms with E-state index in [0.29, 0.717) is 0 Å². The topological polar surface area (TPSA) is 28.7 Å². The zero-order chi connectivity index (χ0) is 9.54. The van der Waals surface area contributed by atoms with Crippen molar-refractivity contribution in [3.05, 3.63) is 23.0 Å². The van der Waals surface area contributed by atoms with E-state index >= 15 is 0 Å². The van der Waals surface area contributed by atoms with Gasteiger partial charge in [-0.05, 0) is 44.1 Å². The maximum atomic E-state index is 9.05. The number of aromatic nitrogens is 1. The molecule has 1 aromatic rings. The summed E-state index contributed by atoms with van der Waals surface area (Å²) in [7, 11) is 0. The van der Waals surface area contributed by atoms with Gasteiger partial charge in [0.15, 0.2) is 0 Å². The van der Waals surface area contributed by atoms with Crippen LogP contribution in [0, 0.1) is 11.3 Å². The van der Waals surface area contributed by atoms with Gasteiger partial charge in [-0.3, -0.25) is 0 Å². The second-order valence-electron chi connectivity index (χ2n) is 4.42. The van der Waals surface area contributed by atoms with Gasteiger partial charge in [0, 0.05) is 17.9 Å². The Balaban J connectivity index is 2.12. The third-order valence-electron chi connectivity index (χ3n) is 3.40. The highest BCUT2D eigenvalue weighted by molar-refractivity contribution is 5.41. The number of fused-ring (bicyclic) bond motifs is 1. The van der Waals surface area contributed by atoms with Gasteiger partial charge in [0.25, 0.3) is 0 Å². The summed E-state index contributed by atoms with van der Waals surface area (Å²) < 4.78 is 2.42. The maximum Gasteiger partial charge on any atom is 0.101 e. The highest BCUT2D eigenvalue weighted by Gasteiger charge is 2.30.